The van der Waals surface area contributed by atoms with E-state index in [1.165, 1.54) is 11.3 Å². The molecule has 7 nitrogen and oxygen atoms in total. The molecule has 2 aromatic carbocycles. The number of carbonyl (C=O) groups excluding carboxylic acids is 1. The minimum absolute atomic E-state index is 0.218. The fourth-order valence-electron chi connectivity index (χ4n) is 4.10. The number of halogens is 2. The van der Waals surface area contributed by atoms with Crippen molar-refractivity contribution < 1.29 is 19.0 Å². The van der Waals surface area contributed by atoms with Gasteiger partial charge in [-0.15, -0.1) is 0 Å². The topological polar surface area (TPSA) is 79.1 Å². The summed E-state index contributed by atoms with van der Waals surface area (Å²) in [5.74, 6) is 1.01. The highest BCUT2D eigenvalue weighted by molar-refractivity contribution is 14.1. The number of hydrogen-bond acceptors (Lipinski definition) is 7. The van der Waals surface area contributed by atoms with Gasteiger partial charge in [0, 0.05) is 0 Å². The Balaban J connectivity index is 1.87. The Hall–Kier alpha value is -2.45. The Morgan fingerprint density at radius 2 is 1.82 bits per heavy atom. The van der Waals surface area contributed by atoms with E-state index < -0.39 is 12.0 Å². The van der Waals surface area contributed by atoms with Crippen LogP contribution in [0.25, 0.3) is 6.08 Å². The van der Waals surface area contributed by atoms with Crippen LogP contribution in [0, 0.1) is 7.14 Å². The predicted octanol–water partition coefficient (Wildman–Crippen LogP) is 4.97. The first-order valence-corrected chi connectivity index (χ1v) is 14.9. The summed E-state index contributed by atoms with van der Waals surface area (Å²) in [6.07, 6.45) is 3.53. The smallest absolute Gasteiger partial charge is 0.338 e. The van der Waals surface area contributed by atoms with Crippen molar-refractivity contribution in [1.29, 1.82) is 0 Å². The molecule has 0 N–H and O–H groups in total. The zero-order valence-electron chi connectivity index (χ0n) is 21.1. The summed E-state index contributed by atoms with van der Waals surface area (Å²) in [5, 5.41) is 0. The highest BCUT2D eigenvalue weighted by Crippen LogP contribution is 2.32. The average molecular weight is 756 g/mol. The molecule has 0 saturated carbocycles. The SMILES string of the molecule is C=CCOc1ccc([C@@H]2C(C(=O)OCC)=C(C)N=c3s/c(=C\c4cc(I)c(OCC)c(I)c4)c(=O)n32)cc1. The van der Waals surface area contributed by atoms with Gasteiger partial charge in [-0.1, -0.05) is 36.1 Å². The zero-order chi connectivity index (χ0) is 27.4. The van der Waals surface area contributed by atoms with Crippen molar-refractivity contribution in [3.05, 3.63) is 98.3 Å². The van der Waals surface area contributed by atoms with Crippen molar-refractivity contribution in [2.75, 3.05) is 19.8 Å². The number of esters is 1. The van der Waals surface area contributed by atoms with Crippen molar-refractivity contribution in [2.45, 2.75) is 26.8 Å². The van der Waals surface area contributed by atoms with Crippen molar-refractivity contribution in [3.8, 4) is 11.5 Å². The van der Waals surface area contributed by atoms with Crippen LogP contribution >= 0.6 is 56.5 Å². The minimum Gasteiger partial charge on any atom is -0.492 e. The summed E-state index contributed by atoms with van der Waals surface area (Å²) in [7, 11) is 0. The maximum atomic E-state index is 13.8. The van der Waals surface area contributed by atoms with Crippen molar-refractivity contribution >= 4 is 68.6 Å². The minimum atomic E-state index is -0.679. The molecule has 0 radical (unpaired) electrons. The van der Waals surface area contributed by atoms with Crippen molar-refractivity contribution in [3.63, 3.8) is 0 Å². The van der Waals surface area contributed by atoms with Gasteiger partial charge in [-0.05, 0) is 107 Å². The monoisotopic (exact) mass is 756 g/mol. The second-order valence-corrected chi connectivity index (χ2v) is 11.6. The number of carbonyl (C=O) groups is 1. The number of benzene rings is 2. The molecule has 1 aromatic heterocycles. The van der Waals surface area contributed by atoms with Crippen LogP contribution in [0.3, 0.4) is 0 Å². The fourth-order valence-corrected chi connectivity index (χ4v) is 7.28. The summed E-state index contributed by atoms with van der Waals surface area (Å²) >= 11 is 5.78. The third-order valence-electron chi connectivity index (χ3n) is 5.69. The molecule has 4 rings (SSSR count). The highest BCUT2D eigenvalue weighted by Gasteiger charge is 2.33. The molecule has 198 valence electrons. The number of allylic oxidation sites excluding steroid dienone is 1. The molecule has 2 heterocycles. The number of rotatable bonds is 9. The first-order valence-electron chi connectivity index (χ1n) is 11.9. The van der Waals surface area contributed by atoms with Gasteiger partial charge in [-0.2, -0.15) is 0 Å². The van der Waals surface area contributed by atoms with Gasteiger partial charge in [0.15, 0.2) is 4.80 Å². The summed E-state index contributed by atoms with van der Waals surface area (Å²) in [5.41, 5.74) is 2.29. The van der Waals surface area contributed by atoms with Crippen LogP contribution in [0.5, 0.6) is 11.5 Å². The van der Waals surface area contributed by atoms with E-state index in [0.717, 1.165) is 24.0 Å². The fraction of sp³-hybridized carbons (Fsp3) is 0.250. The molecule has 10 heteroatoms. The first kappa shape index (κ1) is 28.6. The van der Waals surface area contributed by atoms with E-state index >= 15 is 0 Å². The molecule has 0 unspecified atom stereocenters. The second kappa shape index (κ2) is 12.6. The molecule has 1 atom stereocenters. The van der Waals surface area contributed by atoms with Gasteiger partial charge in [-0.3, -0.25) is 9.36 Å². The Morgan fingerprint density at radius 3 is 2.42 bits per heavy atom. The number of aromatic nitrogens is 1. The average Bonchev–Trinajstić information content (AvgIpc) is 3.18. The van der Waals surface area contributed by atoms with E-state index in [1.807, 2.05) is 49.4 Å². The number of hydrogen-bond donors (Lipinski definition) is 0. The molecule has 0 spiro atoms. The van der Waals surface area contributed by atoms with Gasteiger partial charge in [-0.25, -0.2) is 9.79 Å². The molecule has 1 aliphatic heterocycles. The van der Waals surface area contributed by atoms with Crippen LogP contribution in [0.15, 0.2) is 70.1 Å². The third kappa shape index (κ3) is 5.91. The van der Waals surface area contributed by atoms with Gasteiger partial charge >= 0.3 is 5.97 Å². The molecule has 0 saturated heterocycles. The van der Waals surface area contributed by atoms with Crippen LogP contribution in [0.2, 0.25) is 0 Å². The predicted molar refractivity (Wildman–Crippen MR) is 166 cm³/mol. The summed E-state index contributed by atoms with van der Waals surface area (Å²) in [4.78, 5) is 32.1. The van der Waals surface area contributed by atoms with E-state index in [2.05, 4.69) is 56.8 Å². The van der Waals surface area contributed by atoms with E-state index in [4.69, 9.17) is 14.2 Å². The Labute approximate surface area is 251 Å². The largest absolute Gasteiger partial charge is 0.492 e. The summed E-state index contributed by atoms with van der Waals surface area (Å²) in [6, 6.07) is 10.6. The molecular formula is C28H26I2N2O5S. The standard InChI is InChI=1S/C28H26I2N2O5S/c1-5-12-37-19-10-8-18(9-11-19)24-23(27(34)36-7-3)16(4)31-28-32(24)26(33)22(38-28)15-17-13-20(29)25(35-6-2)21(30)14-17/h5,8-11,13-15,24H,1,6-7,12H2,2-4H3/b22-15-/t24-/m1/s1. The lowest BCUT2D eigenvalue weighted by Crippen LogP contribution is -2.39. The molecule has 0 aliphatic carbocycles. The Morgan fingerprint density at radius 1 is 1.13 bits per heavy atom. The van der Waals surface area contributed by atoms with E-state index in [0.29, 0.717) is 39.6 Å². The van der Waals surface area contributed by atoms with E-state index in [-0.39, 0.29) is 12.2 Å². The van der Waals surface area contributed by atoms with Crippen LogP contribution in [-0.2, 0) is 9.53 Å². The Kier molecular flexibility index (Phi) is 9.47. The van der Waals surface area contributed by atoms with Crippen LogP contribution < -0.4 is 24.4 Å². The highest BCUT2D eigenvalue weighted by atomic mass is 127. The molecule has 3 aromatic rings. The van der Waals surface area contributed by atoms with Gasteiger partial charge < -0.3 is 14.2 Å². The summed E-state index contributed by atoms with van der Waals surface area (Å²) in [6.45, 7) is 10.3. The molecule has 38 heavy (non-hydrogen) atoms. The Bertz CT molecular complexity index is 1570. The van der Waals surface area contributed by atoms with Crippen molar-refractivity contribution in [2.24, 2.45) is 4.99 Å². The lowest BCUT2D eigenvalue weighted by atomic mass is 9.96. The molecule has 0 bridgehead atoms. The van der Waals surface area contributed by atoms with Gasteiger partial charge in [0.05, 0.1) is 42.2 Å². The lowest BCUT2D eigenvalue weighted by molar-refractivity contribution is -0.139. The third-order valence-corrected chi connectivity index (χ3v) is 8.27. The van der Waals surface area contributed by atoms with Crippen LogP contribution in [0.4, 0.5) is 0 Å². The quantitative estimate of drug-likeness (QED) is 0.175. The van der Waals surface area contributed by atoms with E-state index in [1.54, 1.807) is 24.5 Å². The molecule has 0 amide bonds. The maximum absolute atomic E-state index is 13.8. The van der Waals surface area contributed by atoms with Gasteiger partial charge in [0.2, 0.25) is 0 Å². The normalized spacial score (nSPS) is 15.1. The number of ether oxygens (including phenoxy) is 3. The number of fused-ring (bicyclic) bond motifs is 1. The molecular weight excluding hydrogens is 730 g/mol. The van der Waals surface area contributed by atoms with Crippen LogP contribution in [0.1, 0.15) is 37.9 Å². The maximum Gasteiger partial charge on any atom is 0.338 e. The van der Waals surface area contributed by atoms with E-state index in [9.17, 15) is 9.59 Å². The van der Waals surface area contributed by atoms with Gasteiger partial charge in [0.1, 0.15) is 18.1 Å². The van der Waals surface area contributed by atoms with Crippen molar-refractivity contribution in [1.82, 2.24) is 4.57 Å². The second-order valence-electron chi connectivity index (χ2n) is 8.22. The summed E-state index contributed by atoms with van der Waals surface area (Å²) < 4.78 is 20.8. The zero-order valence-corrected chi connectivity index (χ0v) is 26.3. The van der Waals surface area contributed by atoms with Crippen LogP contribution in [-0.4, -0.2) is 30.4 Å². The molecule has 0 fully saturated rings. The number of nitrogens with zero attached hydrogens (tertiary/aromatic N) is 2. The first-order chi connectivity index (χ1) is 18.3. The number of thiazole rings is 1. The lowest BCUT2D eigenvalue weighted by Gasteiger charge is -2.24. The van der Waals surface area contributed by atoms with Gasteiger partial charge in [0.25, 0.3) is 5.56 Å². The molecule has 1 aliphatic rings.